The smallest absolute Gasteiger partial charge is 0.228 e. The third-order valence-corrected chi connectivity index (χ3v) is 5.54. The Balaban J connectivity index is 0.000000447. The molecule has 0 bridgehead atoms. The van der Waals surface area contributed by atoms with E-state index in [1.807, 2.05) is 12.1 Å². The fourth-order valence-corrected chi connectivity index (χ4v) is 3.70. The van der Waals surface area contributed by atoms with Crippen LogP contribution in [0.25, 0.3) is 10.9 Å². The number of carbonyl (C=O) groups is 2. The van der Waals surface area contributed by atoms with Crippen molar-refractivity contribution in [2.24, 2.45) is 5.73 Å². The quantitative estimate of drug-likeness (QED) is 0.447. The van der Waals surface area contributed by atoms with E-state index in [1.54, 1.807) is 12.4 Å². The minimum Gasteiger partial charge on any atom is -0.372 e. The van der Waals surface area contributed by atoms with Gasteiger partial charge >= 0.3 is 0 Å². The zero-order valence-electron chi connectivity index (χ0n) is 18.4. The van der Waals surface area contributed by atoms with E-state index in [1.165, 1.54) is 18.1 Å². The van der Waals surface area contributed by atoms with Crippen molar-refractivity contribution >= 4 is 52.6 Å². The van der Waals surface area contributed by atoms with Gasteiger partial charge in [0.1, 0.15) is 18.0 Å². The molecular formula is C23H25Cl2F2N5O2. The maximum atomic E-state index is 13.6. The Morgan fingerprint density at radius 3 is 2.62 bits per heavy atom. The normalized spacial score (nSPS) is 18.6. The van der Waals surface area contributed by atoms with Gasteiger partial charge < -0.3 is 11.1 Å². The van der Waals surface area contributed by atoms with Gasteiger partial charge in [-0.1, -0.05) is 35.3 Å². The number of benzene rings is 1. The average molecular weight is 512 g/mol. The van der Waals surface area contributed by atoms with E-state index in [4.69, 9.17) is 21.2 Å². The highest BCUT2D eigenvalue weighted by Crippen LogP contribution is 2.33. The Kier molecular flexibility index (Phi) is 11.1. The van der Waals surface area contributed by atoms with Gasteiger partial charge in [-0.05, 0) is 56.3 Å². The number of halogens is 4. The summed E-state index contributed by atoms with van der Waals surface area (Å²) < 4.78 is 24.5. The Bertz CT molecular complexity index is 1090. The van der Waals surface area contributed by atoms with Crippen molar-refractivity contribution in [3.8, 4) is 0 Å². The number of amides is 1. The Hall–Kier alpha value is -2.88. The van der Waals surface area contributed by atoms with Crippen LogP contribution in [0.2, 0.25) is 0 Å². The van der Waals surface area contributed by atoms with E-state index in [0.717, 1.165) is 29.6 Å². The number of hydrogen-bond donors (Lipinski definition) is 2. The molecule has 2 aliphatic rings. The van der Waals surface area contributed by atoms with Crippen LogP contribution in [0.3, 0.4) is 0 Å². The standard InChI is InChI=1S/C20H20ClFN4.C2H2ClFO.CH3NO/c1-26-10-2-3-19(26)13-4-9-18-15(11-13)20(24-12-23-18)25-14-5-7-16(21)17(22)8-6-14;3-2(4)1-5;2-1-3/h4-6,8-9,11-12,19H,2-3,7,10H2,1H3,(H,23,24,25);1-2H;1H,(H2,2,3). The lowest BCUT2D eigenvalue weighted by molar-refractivity contribution is -0.109. The summed E-state index contributed by atoms with van der Waals surface area (Å²) in [7, 11) is 2.16. The molecule has 4 rings (SSSR count). The van der Waals surface area contributed by atoms with Crippen LogP contribution in [0.5, 0.6) is 0 Å². The number of rotatable bonds is 4. The van der Waals surface area contributed by atoms with Crippen LogP contribution < -0.4 is 11.1 Å². The Morgan fingerprint density at radius 1 is 1.29 bits per heavy atom. The van der Waals surface area contributed by atoms with E-state index >= 15 is 0 Å². The van der Waals surface area contributed by atoms with Crippen LogP contribution in [0, 0.1) is 0 Å². The zero-order valence-corrected chi connectivity index (χ0v) is 19.9. The molecule has 0 radical (unpaired) electrons. The second kappa shape index (κ2) is 13.7. The van der Waals surface area contributed by atoms with Crippen LogP contribution in [-0.2, 0) is 9.59 Å². The van der Waals surface area contributed by atoms with E-state index in [9.17, 15) is 8.78 Å². The highest BCUT2D eigenvalue weighted by atomic mass is 35.5. The van der Waals surface area contributed by atoms with Crippen molar-refractivity contribution in [3.05, 3.63) is 64.9 Å². The highest BCUT2D eigenvalue weighted by molar-refractivity contribution is 6.30. The largest absolute Gasteiger partial charge is 0.372 e. The number of anilines is 1. The predicted octanol–water partition coefficient (Wildman–Crippen LogP) is 4.89. The molecule has 7 nitrogen and oxygen atoms in total. The molecule has 2 unspecified atom stereocenters. The molecule has 2 atom stereocenters. The first-order valence-corrected chi connectivity index (χ1v) is 11.1. The molecule has 1 aromatic carbocycles. The summed E-state index contributed by atoms with van der Waals surface area (Å²) in [5.41, 5.74) is 5.26. The predicted molar refractivity (Wildman–Crippen MR) is 131 cm³/mol. The number of aldehydes is 1. The van der Waals surface area contributed by atoms with E-state index in [-0.39, 0.29) is 17.7 Å². The number of alkyl halides is 2. The van der Waals surface area contributed by atoms with Gasteiger partial charge in [0.05, 0.1) is 10.5 Å². The first-order chi connectivity index (χ1) is 16.3. The van der Waals surface area contributed by atoms with Gasteiger partial charge in [-0.2, -0.15) is 0 Å². The van der Waals surface area contributed by atoms with Crippen LogP contribution >= 0.6 is 23.2 Å². The lowest BCUT2D eigenvalue weighted by Gasteiger charge is -2.20. The summed E-state index contributed by atoms with van der Waals surface area (Å²) in [4.78, 5) is 28.7. The van der Waals surface area contributed by atoms with Gasteiger partial charge in [0.25, 0.3) is 0 Å². The second-order valence-corrected chi connectivity index (χ2v) is 8.19. The SMILES string of the molecule is CN1CCCC1c1ccc2ncnc(NC3=CCC(Cl)=C(F)C=C3)c2c1.NC=O.O=CC(F)Cl. The topological polar surface area (TPSA) is 101 Å². The summed E-state index contributed by atoms with van der Waals surface area (Å²) in [5.74, 6) is 0.311. The Labute approximate surface area is 206 Å². The molecule has 1 aliphatic heterocycles. The van der Waals surface area contributed by atoms with Gasteiger partial charge in [0, 0.05) is 23.5 Å². The number of likely N-dealkylation sites (tertiary alicyclic amines) is 1. The van der Waals surface area contributed by atoms with Crippen LogP contribution in [0.1, 0.15) is 30.9 Å². The van der Waals surface area contributed by atoms with Crippen molar-refractivity contribution in [1.29, 1.82) is 0 Å². The van der Waals surface area contributed by atoms with Crippen molar-refractivity contribution < 1.29 is 18.4 Å². The first-order valence-electron chi connectivity index (χ1n) is 10.3. The number of hydrogen-bond acceptors (Lipinski definition) is 6. The number of nitrogens with zero attached hydrogens (tertiary/aromatic N) is 3. The van der Waals surface area contributed by atoms with Gasteiger partial charge in [-0.3, -0.25) is 14.5 Å². The number of primary amides is 1. The summed E-state index contributed by atoms with van der Waals surface area (Å²) in [6, 6.07) is 6.78. The molecule has 2 heterocycles. The number of aromatic nitrogens is 2. The van der Waals surface area contributed by atoms with Crippen LogP contribution in [0.4, 0.5) is 14.6 Å². The second-order valence-electron chi connectivity index (χ2n) is 7.32. The average Bonchev–Trinajstić information content (AvgIpc) is 3.19. The molecule has 2 aromatic rings. The first kappa shape index (κ1) is 27.4. The molecule has 11 heteroatoms. The molecule has 182 valence electrons. The summed E-state index contributed by atoms with van der Waals surface area (Å²) in [5, 5.41) is 4.46. The summed E-state index contributed by atoms with van der Waals surface area (Å²) >= 11 is 10.3. The molecule has 1 aliphatic carbocycles. The molecule has 1 amide bonds. The van der Waals surface area contributed by atoms with Gasteiger partial charge in [0.2, 0.25) is 12.0 Å². The molecule has 34 heavy (non-hydrogen) atoms. The number of nitrogens with two attached hydrogens (primary N) is 1. The highest BCUT2D eigenvalue weighted by Gasteiger charge is 2.23. The van der Waals surface area contributed by atoms with Gasteiger partial charge in [-0.25, -0.2) is 18.7 Å². The van der Waals surface area contributed by atoms with Crippen LogP contribution in [-0.4, -0.2) is 46.8 Å². The minimum absolute atomic E-state index is 0.0154. The molecule has 0 spiro atoms. The van der Waals surface area contributed by atoms with Crippen molar-refractivity contribution in [2.45, 2.75) is 30.9 Å². The summed E-state index contributed by atoms with van der Waals surface area (Å²) in [6.07, 6.45) is 9.43. The molecule has 3 N–H and O–H groups in total. The molecular weight excluding hydrogens is 487 g/mol. The fraction of sp³-hybridized carbons (Fsp3) is 0.304. The molecule has 0 saturated carbocycles. The van der Waals surface area contributed by atoms with E-state index in [2.05, 4.69) is 56.7 Å². The maximum Gasteiger partial charge on any atom is 0.228 e. The molecule has 1 saturated heterocycles. The fourth-order valence-electron chi connectivity index (χ4n) is 3.56. The monoisotopic (exact) mass is 511 g/mol. The number of fused-ring (bicyclic) bond motifs is 1. The van der Waals surface area contributed by atoms with Gasteiger partial charge in [-0.15, -0.1) is 0 Å². The third-order valence-electron chi connectivity index (χ3n) is 5.10. The van der Waals surface area contributed by atoms with Crippen molar-refractivity contribution in [3.63, 3.8) is 0 Å². The minimum atomic E-state index is -1.82. The van der Waals surface area contributed by atoms with Crippen molar-refractivity contribution in [1.82, 2.24) is 14.9 Å². The molecule has 1 aromatic heterocycles. The Morgan fingerprint density at radius 2 is 2.00 bits per heavy atom. The zero-order chi connectivity index (χ0) is 25.1. The maximum absolute atomic E-state index is 13.6. The van der Waals surface area contributed by atoms with E-state index in [0.29, 0.717) is 18.3 Å². The lowest BCUT2D eigenvalue weighted by Crippen LogP contribution is -2.17. The van der Waals surface area contributed by atoms with Crippen molar-refractivity contribution in [2.75, 3.05) is 18.9 Å². The number of carbonyl (C=O) groups excluding carboxylic acids is 2. The molecule has 1 fully saturated rings. The lowest BCUT2D eigenvalue weighted by atomic mass is 10.0. The van der Waals surface area contributed by atoms with E-state index < -0.39 is 11.5 Å². The number of allylic oxidation sites excluding steroid dienone is 5. The third kappa shape index (κ3) is 7.86. The van der Waals surface area contributed by atoms with Gasteiger partial charge in [0.15, 0.2) is 6.29 Å². The van der Waals surface area contributed by atoms with Crippen LogP contribution in [0.15, 0.2) is 59.3 Å². The summed E-state index contributed by atoms with van der Waals surface area (Å²) in [6.45, 7) is 1.12. The number of nitrogens with one attached hydrogen (secondary N) is 1.